The van der Waals surface area contributed by atoms with Gasteiger partial charge in [-0.25, -0.2) is 0 Å². The molecular formula is C25H42IN5O. The Morgan fingerprint density at radius 3 is 2.66 bits per heavy atom. The highest BCUT2D eigenvalue weighted by atomic mass is 127. The van der Waals surface area contributed by atoms with Crippen molar-refractivity contribution in [2.24, 2.45) is 10.9 Å². The molecule has 180 valence electrons. The van der Waals surface area contributed by atoms with Crippen molar-refractivity contribution in [1.29, 1.82) is 0 Å². The molecule has 0 saturated carbocycles. The van der Waals surface area contributed by atoms with Crippen LogP contribution in [-0.4, -0.2) is 92.8 Å². The third-order valence-electron chi connectivity index (χ3n) is 7.21. The number of halogens is 1. The lowest BCUT2D eigenvalue weighted by atomic mass is 9.83. The summed E-state index contributed by atoms with van der Waals surface area (Å²) >= 11 is 0. The molecule has 0 aromatic heterocycles. The molecule has 0 spiro atoms. The molecule has 1 aromatic rings. The minimum atomic E-state index is 0. The molecule has 0 aliphatic carbocycles. The van der Waals surface area contributed by atoms with Crippen LogP contribution in [0.3, 0.4) is 0 Å². The van der Waals surface area contributed by atoms with Gasteiger partial charge in [0.05, 0.1) is 13.2 Å². The molecule has 0 amide bonds. The van der Waals surface area contributed by atoms with E-state index in [2.05, 4.69) is 55.3 Å². The fraction of sp³-hybridized carbons (Fsp3) is 0.720. The van der Waals surface area contributed by atoms with E-state index in [0.717, 1.165) is 70.4 Å². The third kappa shape index (κ3) is 7.30. The number of hydrogen-bond acceptors (Lipinski definition) is 4. The number of unbranched alkanes of at least 4 members (excludes halogenated alkanes) is 1. The lowest BCUT2D eigenvalue weighted by Gasteiger charge is -2.48. The predicted octanol–water partition coefficient (Wildman–Crippen LogP) is 3.28. The summed E-state index contributed by atoms with van der Waals surface area (Å²) in [6.07, 6.45) is 6.35. The van der Waals surface area contributed by atoms with Crippen LogP contribution in [0.15, 0.2) is 35.3 Å². The molecule has 3 heterocycles. The number of guanidine groups is 1. The van der Waals surface area contributed by atoms with Gasteiger partial charge in [-0.15, -0.1) is 24.0 Å². The monoisotopic (exact) mass is 555 g/mol. The molecule has 0 radical (unpaired) electrons. The average molecular weight is 556 g/mol. The van der Waals surface area contributed by atoms with Gasteiger partial charge < -0.3 is 15.0 Å². The van der Waals surface area contributed by atoms with Crippen LogP contribution in [0.1, 0.15) is 37.7 Å². The molecule has 1 N–H and O–H groups in total. The summed E-state index contributed by atoms with van der Waals surface area (Å²) in [6, 6.07) is 11.7. The first-order valence-electron chi connectivity index (χ1n) is 12.4. The maximum Gasteiger partial charge on any atom is 0.193 e. The van der Waals surface area contributed by atoms with Crippen LogP contribution in [0.5, 0.6) is 0 Å². The normalized spacial score (nSPS) is 25.2. The molecule has 3 fully saturated rings. The number of rotatable bonds is 7. The number of piperidine rings is 2. The van der Waals surface area contributed by atoms with Crippen LogP contribution in [0.2, 0.25) is 0 Å². The molecule has 0 bridgehead atoms. The van der Waals surface area contributed by atoms with Crippen LogP contribution in [0.4, 0.5) is 0 Å². The number of benzene rings is 1. The summed E-state index contributed by atoms with van der Waals surface area (Å²) in [5, 5.41) is 3.64. The van der Waals surface area contributed by atoms with Gasteiger partial charge in [-0.05, 0) is 56.7 Å². The maximum atomic E-state index is 5.44. The highest BCUT2D eigenvalue weighted by Gasteiger charge is 2.36. The number of fused-ring (bicyclic) bond motifs is 1. The van der Waals surface area contributed by atoms with Crippen molar-refractivity contribution in [3.63, 3.8) is 0 Å². The third-order valence-corrected chi connectivity index (χ3v) is 7.21. The average Bonchev–Trinajstić information content (AvgIpc) is 2.83. The van der Waals surface area contributed by atoms with Gasteiger partial charge >= 0.3 is 0 Å². The van der Waals surface area contributed by atoms with E-state index in [9.17, 15) is 0 Å². The van der Waals surface area contributed by atoms with Crippen molar-refractivity contribution in [1.82, 2.24) is 20.0 Å². The molecular weight excluding hydrogens is 513 g/mol. The topological polar surface area (TPSA) is 43.3 Å². The second-order valence-corrected chi connectivity index (χ2v) is 9.30. The number of nitrogens with one attached hydrogen (secondary N) is 1. The first kappa shape index (κ1) is 25.7. The van der Waals surface area contributed by atoms with Crippen molar-refractivity contribution in [3.8, 4) is 0 Å². The van der Waals surface area contributed by atoms with Crippen molar-refractivity contribution in [2.45, 2.75) is 44.7 Å². The van der Waals surface area contributed by atoms with E-state index in [1.807, 2.05) is 7.05 Å². The number of likely N-dealkylation sites (tertiary alicyclic amines) is 2. The minimum absolute atomic E-state index is 0. The van der Waals surface area contributed by atoms with Crippen LogP contribution < -0.4 is 5.32 Å². The van der Waals surface area contributed by atoms with Gasteiger partial charge in [-0.3, -0.25) is 14.8 Å². The van der Waals surface area contributed by atoms with E-state index in [1.165, 1.54) is 50.8 Å². The summed E-state index contributed by atoms with van der Waals surface area (Å²) < 4.78 is 5.44. The van der Waals surface area contributed by atoms with Crippen LogP contribution in [-0.2, 0) is 11.3 Å². The molecule has 2 atom stereocenters. The fourth-order valence-corrected chi connectivity index (χ4v) is 5.53. The first-order chi connectivity index (χ1) is 15.3. The quantitative estimate of drug-likeness (QED) is 0.242. The molecule has 32 heavy (non-hydrogen) atoms. The van der Waals surface area contributed by atoms with Gasteiger partial charge in [-0.2, -0.15) is 0 Å². The molecule has 3 aliphatic rings. The number of ether oxygens (including phenoxy) is 1. The van der Waals surface area contributed by atoms with E-state index < -0.39 is 0 Å². The Kier molecular flexibility index (Phi) is 11.0. The second-order valence-electron chi connectivity index (χ2n) is 9.30. The van der Waals surface area contributed by atoms with Crippen LogP contribution >= 0.6 is 24.0 Å². The molecule has 3 aliphatic heterocycles. The highest BCUT2D eigenvalue weighted by Crippen LogP contribution is 2.31. The number of aliphatic imine (C=N–C) groups is 1. The summed E-state index contributed by atoms with van der Waals surface area (Å²) in [4.78, 5) is 12.4. The van der Waals surface area contributed by atoms with Gasteiger partial charge in [0, 0.05) is 52.4 Å². The molecule has 6 nitrogen and oxygen atoms in total. The first-order valence-corrected chi connectivity index (χ1v) is 12.4. The highest BCUT2D eigenvalue weighted by molar-refractivity contribution is 14.0. The lowest BCUT2D eigenvalue weighted by Crippen LogP contribution is -2.56. The zero-order valence-electron chi connectivity index (χ0n) is 19.8. The molecule has 4 rings (SSSR count). The van der Waals surface area contributed by atoms with E-state index in [-0.39, 0.29) is 24.0 Å². The SMILES string of the molecule is CN=C(NCCCCN1CCOCC1)N1CCC2C(CCCN2Cc2ccccc2)C1.I. The van der Waals surface area contributed by atoms with Gasteiger partial charge in [0.1, 0.15) is 0 Å². The van der Waals surface area contributed by atoms with E-state index in [4.69, 9.17) is 4.74 Å². The molecule has 3 saturated heterocycles. The Bertz CT molecular complexity index is 682. The molecule has 7 heteroatoms. The lowest BCUT2D eigenvalue weighted by molar-refractivity contribution is 0.0366. The van der Waals surface area contributed by atoms with Gasteiger partial charge in [-0.1, -0.05) is 30.3 Å². The molecule has 2 unspecified atom stereocenters. The standard InChI is InChI=1S/C25H41N5O.HI/c1-26-25(27-12-5-6-13-28-16-18-31-19-17-28)30-15-11-24-23(21-30)10-7-14-29(24)20-22-8-3-2-4-9-22;/h2-4,8-9,23-24H,5-7,10-21H2,1H3,(H,26,27);1H. The Balaban J connectivity index is 0.00000289. The number of morpholine rings is 1. The zero-order chi connectivity index (χ0) is 21.3. The summed E-state index contributed by atoms with van der Waals surface area (Å²) in [6.45, 7) is 10.8. The minimum Gasteiger partial charge on any atom is -0.379 e. The number of hydrogen-bond donors (Lipinski definition) is 1. The van der Waals surface area contributed by atoms with E-state index >= 15 is 0 Å². The molecule has 1 aromatic carbocycles. The number of nitrogens with zero attached hydrogens (tertiary/aromatic N) is 4. The van der Waals surface area contributed by atoms with Crippen molar-refractivity contribution in [2.75, 3.05) is 66.1 Å². The Morgan fingerprint density at radius 1 is 1.06 bits per heavy atom. The van der Waals surface area contributed by atoms with Crippen molar-refractivity contribution < 1.29 is 4.74 Å². The fourth-order valence-electron chi connectivity index (χ4n) is 5.53. The van der Waals surface area contributed by atoms with E-state index in [1.54, 1.807) is 0 Å². The Hall–Kier alpha value is -0.900. The van der Waals surface area contributed by atoms with Crippen molar-refractivity contribution >= 4 is 29.9 Å². The summed E-state index contributed by atoms with van der Waals surface area (Å²) in [7, 11) is 1.94. The predicted molar refractivity (Wildman–Crippen MR) is 143 cm³/mol. The van der Waals surface area contributed by atoms with Crippen LogP contribution in [0.25, 0.3) is 0 Å². The van der Waals surface area contributed by atoms with Gasteiger partial charge in [0.25, 0.3) is 0 Å². The maximum absolute atomic E-state index is 5.44. The Labute approximate surface area is 211 Å². The van der Waals surface area contributed by atoms with Crippen molar-refractivity contribution in [3.05, 3.63) is 35.9 Å². The van der Waals surface area contributed by atoms with Crippen LogP contribution in [0, 0.1) is 5.92 Å². The smallest absolute Gasteiger partial charge is 0.193 e. The Morgan fingerprint density at radius 2 is 1.88 bits per heavy atom. The zero-order valence-corrected chi connectivity index (χ0v) is 22.1. The van der Waals surface area contributed by atoms with Gasteiger partial charge in [0.2, 0.25) is 0 Å². The second kappa shape index (κ2) is 13.7. The largest absolute Gasteiger partial charge is 0.379 e. The van der Waals surface area contributed by atoms with Gasteiger partial charge in [0.15, 0.2) is 5.96 Å². The van der Waals surface area contributed by atoms with E-state index in [0.29, 0.717) is 0 Å². The summed E-state index contributed by atoms with van der Waals surface area (Å²) in [5.74, 6) is 1.86. The summed E-state index contributed by atoms with van der Waals surface area (Å²) in [5.41, 5.74) is 1.44.